The first-order chi connectivity index (χ1) is 8.85. The minimum absolute atomic E-state index is 0.859. The molecular formula is C15H18N2O. The van der Waals surface area contributed by atoms with Crippen molar-refractivity contribution in [3.8, 4) is 5.75 Å². The highest BCUT2D eigenvalue weighted by Gasteiger charge is 2.18. The zero-order chi connectivity index (χ0) is 12.5. The van der Waals surface area contributed by atoms with Gasteiger partial charge in [-0.25, -0.2) is 4.98 Å². The van der Waals surface area contributed by atoms with Crippen LogP contribution in [0.2, 0.25) is 0 Å². The highest BCUT2D eigenvalue weighted by Crippen LogP contribution is 2.36. The number of nitrogens with zero attached hydrogens (tertiary/aromatic N) is 1. The van der Waals surface area contributed by atoms with Crippen LogP contribution in [0.25, 0.3) is 10.9 Å². The third-order valence-electron chi connectivity index (χ3n) is 3.73. The van der Waals surface area contributed by atoms with Crippen LogP contribution in [-0.4, -0.2) is 19.1 Å². The molecule has 1 aliphatic carbocycles. The van der Waals surface area contributed by atoms with Gasteiger partial charge in [-0.15, -0.1) is 0 Å². The van der Waals surface area contributed by atoms with Crippen molar-refractivity contribution in [2.45, 2.75) is 25.7 Å². The van der Waals surface area contributed by atoms with Crippen LogP contribution in [0.5, 0.6) is 5.75 Å². The van der Waals surface area contributed by atoms with Gasteiger partial charge in [-0.1, -0.05) is 12.1 Å². The van der Waals surface area contributed by atoms with E-state index in [2.05, 4.69) is 11.4 Å². The molecule has 3 nitrogen and oxygen atoms in total. The third kappa shape index (κ3) is 1.62. The molecule has 18 heavy (non-hydrogen) atoms. The summed E-state index contributed by atoms with van der Waals surface area (Å²) in [4.78, 5) is 4.83. The van der Waals surface area contributed by atoms with E-state index in [9.17, 15) is 0 Å². The van der Waals surface area contributed by atoms with Crippen molar-refractivity contribution in [3.05, 3.63) is 29.5 Å². The number of nitrogens with one attached hydrogen (secondary N) is 1. The Bertz CT molecular complexity index is 593. The van der Waals surface area contributed by atoms with E-state index in [1.165, 1.54) is 29.8 Å². The van der Waals surface area contributed by atoms with Crippen molar-refractivity contribution in [2.24, 2.45) is 0 Å². The monoisotopic (exact) mass is 242 g/mol. The van der Waals surface area contributed by atoms with Gasteiger partial charge in [0, 0.05) is 23.8 Å². The molecule has 0 amide bonds. The van der Waals surface area contributed by atoms with Crippen molar-refractivity contribution >= 4 is 16.6 Å². The number of hydrogen-bond acceptors (Lipinski definition) is 3. The molecular weight excluding hydrogens is 224 g/mol. The summed E-state index contributed by atoms with van der Waals surface area (Å²) >= 11 is 0. The molecule has 0 unspecified atom stereocenters. The van der Waals surface area contributed by atoms with Crippen molar-refractivity contribution in [2.75, 3.05) is 19.5 Å². The quantitative estimate of drug-likeness (QED) is 0.878. The van der Waals surface area contributed by atoms with E-state index in [1.807, 2.05) is 19.2 Å². The largest absolute Gasteiger partial charge is 0.494 e. The number of pyridine rings is 1. The Kier molecular flexibility index (Phi) is 2.82. The fraction of sp³-hybridized carbons (Fsp3) is 0.400. The van der Waals surface area contributed by atoms with Gasteiger partial charge in [0.15, 0.2) is 0 Å². The molecule has 0 radical (unpaired) electrons. The predicted octanol–water partition coefficient (Wildman–Crippen LogP) is 3.16. The Labute approximate surface area is 107 Å². The molecule has 94 valence electrons. The summed E-state index contributed by atoms with van der Waals surface area (Å²) in [6.45, 7) is 0. The van der Waals surface area contributed by atoms with Gasteiger partial charge in [0.1, 0.15) is 11.3 Å². The van der Waals surface area contributed by atoms with E-state index < -0.39 is 0 Å². The molecule has 1 N–H and O–H groups in total. The van der Waals surface area contributed by atoms with Crippen LogP contribution in [0, 0.1) is 0 Å². The van der Waals surface area contributed by atoms with Gasteiger partial charge in [-0.05, 0) is 37.3 Å². The van der Waals surface area contributed by atoms with Crippen LogP contribution in [0.4, 0.5) is 5.69 Å². The molecule has 0 spiro atoms. The smallest absolute Gasteiger partial charge is 0.145 e. The minimum Gasteiger partial charge on any atom is -0.494 e. The van der Waals surface area contributed by atoms with Crippen molar-refractivity contribution in [1.82, 2.24) is 4.98 Å². The summed E-state index contributed by atoms with van der Waals surface area (Å²) in [6, 6.07) is 6.12. The standard InChI is InChI=1S/C15H18N2O/c1-16-14-10-6-3-4-8-12(10)17-15-11(14)7-5-9-13(15)18-2/h5,7,9H,3-4,6,8H2,1-2H3,(H,16,17). The molecule has 3 heteroatoms. The average Bonchev–Trinajstić information content (AvgIpc) is 2.44. The zero-order valence-corrected chi connectivity index (χ0v) is 10.9. The Hall–Kier alpha value is -1.77. The summed E-state index contributed by atoms with van der Waals surface area (Å²) in [6.07, 6.45) is 4.71. The summed E-state index contributed by atoms with van der Waals surface area (Å²) in [7, 11) is 3.69. The number of aryl methyl sites for hydroxylation is 1. The Morgan fingerprint density at radius 2 is 2.06 bits per heavy atom. The van der Waals surface area contributed by atoms with Crippen LogP contribution in [-0.2, 0) is 12.8 Å². The average molecular weight is 242 g/mol. The van der Waals surface area contributed by atoms with Crippen LogP contribution < -0.4 is 10.1 Å². The molecule has 0 bridgehead atoms. The summed E-state index contributed by atoms with van der Waals surface area (Å²) in [5, 5.41) is 4.52. The number of fused-ring (bicyclic) bond motifs is 2. The number of benzene rings is 1. The highest BCUT2D eigenvalue weighted by molar-refractivity contribution is 5.96. The summed E-state index contributed by atoms with van der Waals surface area (Å²) in [5.41, 5.74) is 4.84. The van der Waals surface area contributed by atoms with Gasteiger partial charge in [-0.3, -0.25) is 0 Å². The molecule has 2 aromatic rings. The van der Waals surface area contributed by atoms with E-state index in [-0.39, 0.29) is 0 Å². The molecule has 0 saturated carbocycles. The number of rotatable bonds is 2. The number of para-hydroxylation sites is 1. The molecule has 0 aliphatic heterocycles. The minimum atomic E-state index is 0.859. The lowest BCUT2D eigenvalue weighted by Gasteiger charge is -2.21. The first-order valence-electron chi connectivity index (χ1n) is 6.51. The van der Waals surface area contributed by atoms with Gasteiger partial charge in [0.05, 0.1) is 7.11 Å². The van der Waals surface area contributed by atoms with Gasteiger partial charge in [0.2, 0.25) is 0 Å². The lowest BCUT2D eigenvalue weighted by atomic mass is 9.92. The molecule has 1 heterocycles. The maximum atomic E-state index is 5.43. The second-order valence-electron chi connectivity index (χ2n) is 4.73. The van der Waals surface area contributed by atoms with E-state index in [0.717, 1.165) is 29.5 Å². The number of ether oxygens (including phenoxy) is 1. The van der Waals surface area contributed by atoms with Crippen LogP contribution in [0.15, 0.2) is 18.2 Å². The number of anilines is 1. The van der Waals surface area contributed by atoms with Crippen LogP contribution >= 0.6 is 0 Å². The highest BCUT2D eigenvalue weighted by atomic mass is 16.5. The van der Waals surface area contributed by atoms with Crippen molar-refractivity contribution in [3.63, 3.8) is 0 Å². The second kappa shape index (κ2) is 4.48. The summed E-state index contributed by atoms with van der Waals surface area (Å²) in [5.74, 6) is 0.859. The predicted molar refractivity (Wildman–Crippen MR) is 74.5 cm³/mol. The molecule has 0 atom stereocenters. The number of aromatic nitrogens is 1. The molecule has 3 rings (SSSR count). The molecule has 0 fully saturated rings. The van der Waals surface area contributed by atoms with E-state index >= 15 is 0 Å². The third-order valence-corrected chi connectivity index (χ3v) is 3.73. The molecule has 1 aliphatic rings. The maximum absolute atomic E-state index is 5.43. The lowest BCUT2D eigenvalue weighted by Crippen LogP contribution is -2.09. The lowest BCUT2D eigenvalue weighted by molar-refractivity contribution is 0.418. The maximum Gasteiger partial charge on any atom is 0.145 e. The normalized spacial score (nSPS) is 14.3. The first-order valence-corrected chi connectivity index (χ1v) is 6.51. The van der Waals surface area contributed by atoms with Gasteiger partial charge >= 0.3 is 0 Å². The number of hydrogen-bond donors (Lipinski definition) is 1. The molecule has 1 aromatic heterocycles. The molecule has 0 saturated heterocycles. The Morgan fingerprint density at radius 1 is 1.22 bits per heavy atom. The SMILES string of the molecule is CNc1c2c(nc3c(OC)cccc13)CCCC2. The zero-order valence-electron chi connectivity index (χ0n) is 10.9. The van der Waals surface area contributed by atoms with Gasteiger partial charge < -0.3 is 10.1 Å². The fourth-order valence-electron chi connectivity index (χ4n) is 2.87. The Morgan fingerprint density at radius 3 is 2.83 bits per heavy atom. The van der Waals surface area contributed by atoms with E-state index in [0.29, 0.717) is 0 Å². The first kappa shape index (κ1) is 11.3. The van der Waals surface area contributed by atoms with Crippen LogP contribution in [0.3, 0.4) is 0 Å². The van der Waals surface area contributed by atoms with Crippen LogP contribution in [0.1, 0.15) is 24.1 Å². The number of methoxy groups -OCH3 is 1. The Balaban J connectivity index is 2.36. The topological polar surface area (TPSA) is 34.2 Å². The van der Waals surface area contributed by atoms with Gasteiger partial charge in [-0.2, -0.15) is 0 Å². The van der Waals surface area contributed by atoms with E-state index in [1.54, 1.807) is 7.11 Å². The van der Waals surface area contributed by atoms with Crippen molar-refractivity contribution in [1.29, 1.82) is 0 Å². The second-order valence-corrected chi connectivity index (χ2v) is 4.73. The molecule has 1 aromatic carbocycles. The summed E-state index contributed by atoms with van der Waals surface area (Å²) < 4.78 is 5.43. The van der Waals surface area contributed by atoms with Gasteiger partial charge in [0.25, 0.3) is 0 Å². The van der Waals surface area contributed by atoms with E-state index in [4.69, 9.17) is 9.72 Å². The fourth-order valence-corrected chi connectivity index (χ4v) is 2.87. The van der Waals surface area contributed by atoms with Crippen molar-refractivity contribution < 1.29 is 4.74 Å².